The molecule has 0 aliphatic carbocycles. The molecule has 17 heavy (non-hydrogen) atoms. The van der Waals surface area contributed by atoms with Crippen LogP contribution in [0.25, 0.3) is 0 Å². The molecular weight excluding hydrogens is 208 g/mol. The molecule has 1 heteroatoms. The number of hydrogen-bond donors (Lipinski definition) is 0. The van der Waals surface area contributed by atoms with E-state index in [1.165, 1.54) is 16.7 Å². The van der Waals surface area contributed by atoms with Crippen LogP contribution in [0.15, 0.2) is 12.1 Å². The van der Waals surface area contributed by atoms with Crippen molar-refractivity contribution >= 4 is 0 Å². The number of aryl methyl sites for hydroxylation is 1. The van der Waals surface area contributed by atoms with E-state index < -0.39 is 0 Å². The molecular formula is C16H26O. The van der Waals surface area contributed by atoms with Crippen molar-refractivity contribution in [3.8, 4) is 5.75 Å². The van der Waals surface area contributed by atoms with Crippen molar-refractivity contribution in [3.05, 3.63) is 28.8 Å². The van der Waals surface area contributed by atoms with Crippen LogP contribution in [0.1, 0.15) is 64.2 Å². The molecule has 0 saturated heterocycles. The molecule has 0 heterocycles. The topological polar surface area (TPSA) is 9.23 Å². The van der Waals surface area contributed by atoms with E-state index >= 15 is 0 Å². The molecule has 0 aromatic heterocycles. The lowest BCUT2D eigenvalue weighted by atomic mass is 9.81. The van der Waals surface area contributed by atoms with Gasteiger partial charge in [-0.25, -0.2) is 0 Å². The molecule has 0 N–H and O–H groups in total. The largest absolute Gasteiger partial charge is 0.496 e. The number of rotatable bonds is 3. The van der Waals surface area contributed by atoms with Crippen LogP contribution in [-0.4, -0.2) is 7.11 Å². The normalized spacial score (nSPS) is 12.0. The second-order valence-electron chi connectivity index (χ2n) is 6.01. The van der Waals surface area contributed by atoms with Crippen molar-refractivity contribution in [1.82, 2.24) is 0 Å². The number of benzene rings is 1. The van der Waals surface area contributed by atoms with Crippen LogP contribution in [0.3, 0.4) is 0 Å². The number of hydrogen-bond acceptors (Lipinski definition) is 1. The van der Waals surface area contributed by atoms with Gasteiger partial charge in [0.25, 0.3) is 0 Å². The van der Waals surface area contributed by atoms with Crippen LogP contribution in [0.2, 0.25) is 0 Å². The van der Waals surface area contributed by atoms with Crippen molar-refractivity contribution in [2.75, 3.05) is 7.11 Å². The minimum atomic E-state index is 0.175. The molecule has 0 spiro atoms. The Morgan fingerprint density at radius 3 is 2.12 bits per heavy atom. The van der Waals surface area contributed by atoms with Crippen LogP contribution in [0.4, 0.5) is 0 Å². The van der Waals surface area contributed by atoms with E-state index in [-0.39, 0.29) is 5.41 Å². The molecule has 1 aromatic rings. The Labute approximate surface area is 106 Å². The molecule has 0 aliphatic rings. The van der Waals surface area contributed by atoms with Crippen molar-refractivity contribution in [1.29, 1.82) is 0 Å². The highest BCUT2D eigenvalue weighted by Gasteiger charge is 2.20. The van der Waals surface area contributed by atoms with Gasteiger partial charge < -0.3 is 4.74 Å². The quantitative estimate of drug-likeness (QED) is 0.738. The van der Waals surface area contributed by atoms with E-state index in [1.807, 2.05) is 0 Å². The van der Waals surface area contributed by atoms with Gasteiger partial charge in [0.1, 0.15) is 5.75 Å². The van der Waals surface area contributed by atoms with Crippen molar-refractivity contribution in [3.63, 3.8) is 0 Å². The first kappa shape index (κ1) is 14.1. The van der Waals surface area contributed by atoms with E-state index in [0.29, 0.717) is 5.92 Å². The molecule has 0 fully saturated rings. The van der Waals surface area contributed by atoms with Gasteiger partial charge in [0, 0.05) is 0 Å². The molecule has 1 rings (SSSR count). The molecule has 0 amide bonds. The molecule has 0 atom stereocenters. The first-order valence-electron chi connectivity index (χ1n) is 6.52. The maximum absolute atomic E-state index is 5.54. The lowest BCUT2D eigenvalue weighted by Gasteiger charge is -2.25. The molecule has 0 unspecified atom stereocenters. The van der Waals surface area contributed by atoms with Crippen molar-refractivity contribution in [2.45, 2.75) is 59.3 Å². The fourth-order valence-electron chi connectivity index (χ4n) is 2.26. The Bertz CT molecular complexity index is 383. The van der Waals surface area contributed by atoms with Crippen molar-refractivity contribution in [2.24, 2.45) is 0 Å². The summed E-state index contributed by atoms with van der Waals surface area (Å²) in [7, 11) is 1.76. The van der Waals surface area contributed by atoms with Gasteiger partial charge in [-0.05, 0) is 40.5 Å². The van der Waals surface area contributed by atoms with Gasteiger partial charge in [0.2, 0.25) is 0 Å². The third-order valence-electron chi connectivity index (χ3n) is 3.27. The monoisotopic (exact) mass is 234 g/mol. The second kappa shape index (κ2) is 5.12. The Morgan fingerprint density at radius 1 is 1.18 bits per heavy atom. The second-order valence-corrected chi connectivity index (χ2v) is 6.01. The highest BCUT2D eigenvalue weighted by Crippen LogP contribution is 2.35. The molecule has 0 radical (unpaired) electrons. The third-order valence-corrected chi connectivity index (χ3v) is 3.27. The summed E-state index contributed by atoms with van der Waals surface area (Å²) in [6.45, 7) is 13.4. The van der Waals surface area contributed by atoms with Crippen LogP contribution < -0.4 is 4.74 Å². The standard InChI is InChI=1S/C16H26O/c1-8-12-9-13(11(2)3)15(17-7)10-14(12)16(4,5)6/h9-11H,8H2,1-7H3. The highest BCUT2D eigenvalue weighted by atomic mass is 16.5. The van der Waals surface area contributed by atoms with E-state index in [9.17, 15) is 0 Å². The summed E-state index contributed by atoms with van der Waals surface area (Å²) < 4.78 is 5.54. The van der Waals surface area contributed by atoms with Gasteiger partial charge in [0.15, 0.2) is 0 Å². The SMILES string of the molecule is CCc1cc(C(C)C)c(OC)cc1C(C)(C)C. The van der Waals surface area contributed by atoms with E-state index in [4.69, 9.17) is 4.74 Å². The van der Waals surface area contributed by atoms with Gasteiger partial charge in [-0.1, -0.05) is 47.6 Å². The first-order valence-corrected chi connectivity index (χ1v) is 6.52. The smallest absolute Gasteiger partial charge is 0.122 e. The predicted molar refractivity (Wildman–Crippen MR) is 75.2 cm³/mol. The Kier molecular flexibility index (Phi) is 4.24. The average Bonchev–Trinajstić information content (AvgIpc) is 2.25. The van der Waals surface area contributed by atoms with E-state index in [1.54, 1.807) is 7.11 Å². The maximum atomic E-state index is 5.54. The summed E-state index contributed by atoms with van der Waals surface area (Å²) in [4.78, 5) is 0. The summed E-state index contributed by atoms with van der Waals surface area (Å²) in [6, 6.07) is 4.55. The van der Waals surface area contributed by atoms with Crippen LogP contribution in [0.5, 0.6) is 5.75 Å². The minimum absolute atomic E-state index is 0.175. The summed E-state index contributed by atoms with van der Waals surface area (Å²) in [6.07, 6.45) is 1.08. The summed E-state index contributed by atoms with van der Waals surface area (Å²) >= 11 is 0. The number of methoxy groups -OCH3 is 1. The van der Waals surface area contributed by atoms with Crippen LogP contribution in [-0.2, 0) is 11.8 Å². The third kappa shape index (κ3) is 3.02. The lowest BCUT2D eigenvalue weighted by molar-refractivity contribution is 0.405. The highest BCUT2D eigenvalue weighted by molar-refractivity contribution is 5.46. The maximum Gasteiger partial charge on any atom is 0.122 e. The van der Waals surface area contributed by atoms with Crippen LogP contribution in [0, 0.1) is 0 Å². The summed E-state index contributed by atoms with van der Waals surface area (Å²) in [5.74, 6) is 1.53. The Hall–Kier alpha value is -0.980. The molecule has 0 saturated carbocycles. The predicted octanol–water partition coefficient (Wildman–Crippen LogP) is 4.68. The summed E-state index contributed by atoms with van der Waals surface area (Å²) in [5, 5.41) is 0. The molecule has 96 valence electrons. The zero-order valence-electron chi connectivity index (χ0n) is 12.3. The van der Waals surface area contributed by atoms with E-state index in [2.05, 4.69) is 53.7 Å². The van der Waals surface area contributed by atoms with Gasteiger partial charge >= 0.3 is 0 Å². The van der Waals surface area contributed by atoms with Gasteiger partial charge in [-0.2, -0.15) is 0 Å². The van der Waals surface area contributed by atoms with Gasteiger partial charge in [-0.3, -0.25) is 0 Å². The zero-order valence-corrected chi connectivity index (χ0v) is 12.3. The Balaban J connectivity index is 3.44. The Morgan fingerprint density at radius 2 is 1.76 bits per heavy atom. The van der Waals surface area contributed by atoms with Gasteiger partial charge in [-0.15, -0.1) is 0 Å². The fraction of sp³-hybridized carbons (Fsp3) is 0.625. The zero-order chi connectivity index (χ0) is 13.2. The molecule has 1 aromatic carbocycles. The average molecular weight is 234 g/mol. The molecule has 1 nitrogen and oxygen atoms in total. The van der Waals surface area contributed by atoms with Crippen LogP contribution >= 0.6 is 0 Å². The van der Waals surface area contributed by atoms with Gasteiger partial charge in [0.05, 0.1) is 7.11 Å². The minimum Gasteiger partial charge on any atom is -0.496 e. The molecule has 0 bridgehead atoms. The van der Waals surface area contributed by atoms with E-state index in [0.717, 1.165) is 12.2 Å². The van der Waals surface area contributed by atoms with Crippen molar-refractivity contribution < 1.29 is 4.74 Å². The fourth-order valence-corrected chi connectivity index (χ4v) is 2.26. The number of ether oxygens (including phenoxy) is 1. The molecule has 0 aliphatic heterocycles. The lowest BCUT2D eigenvalue weighted by Crippen LogP contribution is -2.15. The summed E-state index contributed by atoms with van der Waals surface area (Å²) in [5.41, 5.74) is 4.34. The first-order chi connectivity index (χ1) is 7.81.